The largest absolute Gasteiger partial charge is 0.392 e. The fraction of sp³-hybridized carbons (Fsp3) is 0.778. The maximum Gasteiger partial charge on any atom is 0.0693 e. The second kappa shape index (κ2) is 3.88. The maximum absolute atomic E-state index is 9.50. The molecule has 1 N–H and O–H groups in total. The van der Waals surface area contributed by atoms with Crippen LogP contribution < -0.4 is 0 Å². The zero-order chi connectivity index (χ0) is 8.27. The van der Waals surface area contributed by atoms with E-state index in [4.69, 9.17) is 0 Å². The van der Waals surface area contributed by atoms with Gasteiger partial charge in [-0.05, 0) is 18.9 Å². The van der Waals surface area contributed by atoms with E-state index < -0.39 is 0 Å². The molecule has 2 atom stereocenters. The number of nitrogens with zero attached hydrogens (tertiary/aromatic N) is 1. The van der Waals surface area contributed by atoms with Crippen molar-refractivity contribution in [3.63, 3.8) is 0 Å². The van der Waals surface area contributed by atoms with Crippen molar-refractivity contribution in [3.8, 4) is 0 Å². The van der Waals surface area contributed by atoms with E-state index in [0.717, 1.165) is 26.1 Å². The third kappa shape index (κ3) is 2.31. The van der Waals surface area contributed by atoms with Gasteiger partial charge in [0.05, 0.1) is 6.10 Å². The molecule has 0 amide bonds. The molecule has 0 aromatic rings. The molecule has 0 aliphatic carbocycles. The van der Waals surface area contributed by atoms with Gasteiger partial charge in [-0.15, -0.1) is 6.58 Å². The summed E-state index contributed by atoms with van der Waals surface area (Å²) in [5.74, 6) is 0.469. The Hall–Kier alpha value is -0.340. The average Bonchev–Trinajstić information content (AvgIpc) is 1.98. The Morgan fingerprint density at radius 1 is 1.73 bits per heavy atom. The van der Waals surface area contributed by atoms with Gasteiger partial charge in [0.1, 0.15) is 0 Å². The second-order valence-electron chi connectivity index (χ2n) is 3.38. The van der Waals surface area contributed by atoms with Crippen LogP contribution in [0, 0.1) is 5.92 Å². The predicted octanol–water partition coefficient (Wildman–Crippen LogP) is 0.875. The molecule has 1 fully saturated rings. The van der Waals surface area contributed by atoms with Crippen LogP contribution in [-0.2, 0) is 0 Å². The van der Waals surface area contributed by atoms with Gasteiger partial charge >= 0.3 is 0 Å². The number of likely N-dealkylation sites (tertiary alicyclic amines) is 1. The Morgan fingerprint density at radius 3 is 3.00 bits per heavy atom. The van der Waals surface area contributed by atoms with Gasteiger partial charge in [0, 0.05) is 13.1 Å². The topological polar surface area (TPSA) is 23.5 Å². The molecule has 64 valence electrons. The first kappa shape index (κ1) is 8.75. The van der Waals surface area contributed by atoms with Crippen LogP contribution in [0.5, 0.6) is 0 Å². The van der Waals surface area contributed by atoms with E-state index in [1.807, 2.05) is 6.08 Å². The quantitative estimate of drug-likeness (QED) is 0.598. The molecule has 0 bridgehead atoms. The van der Waals surface area contributed by atoms with Crippen LogP contribution in [0.15, 0.2) is 12.7 Å². The van der Waals surface area contributed by atoms with Gasteiger partial charge in [-0.1, -0.05) is 13.0 Å². The Morgan fingerprint density at radius 2 is 2.45 bits per heavy atom. The summed E-state index contributed by atoms with van der Waals surface area (Å²) in [6.07, 6.45) is 2.86. The average molecular weight is 155 g/mol. The zero-order valence-electron chi connectivity index (χ0n) is 7.16. The van der Waals surface area contributed by atoms with Gasteiger partial charge in [0.15, 0.2) is 0 Å². The van der Waals surface area contributed by atoms with Crippen LogP contribution in [0.2, 0.25) is 0 Å². The Labute approximate surface area is 68.5 Å². The lowest BCUT2D eigenvalue weighted by molar-refractivity contribution is 0.0343. The Balaban J connectivity index is 2.33. The lowest BCUT2D eigenvalue weighted by atomic mass is 9.96. The standard InChI is InChI=1S/C9H17NO/c1-3-5-10-6-4-8(2)9(11)7-10/h3,8-9,11H,1,4-7H2,2H3. The smallest absolute Gasteiger partial charge is 0.0693 e. The van der Waals surface area contributed by atoms with Crippen molar-refractivity contribution in [3.05, 3.63) is 12.7 Å². The highest BCUT2D eigenvalue weighted by Gasteiger charge is 2.22. The van der Waals surface area contributed by atoms with Gasteiger partial charge in [-0.2, -0.15) is 0 Å². The number of aliphatic hydroxyl groups excluding tert-OH is 1. The first-order chi connectivity index (χ1) is 5.24. The number of hydrogen-bond donors (Lipinski definition) is 1. The molecule has 2 nitrogen and oxygen atoms in total. The minimum atomic E-state index is -0.135. The molecule has 1 aliphatic rings. The van der Waals surface area contributed by atoms with Crippen molar-refractivity contribution in [1.29, 1.82) is 0 Å². The van der Waals surface area contributed by atoms with Crippen molar-refractivity contribution >= 4 is 0 Å². The number of rotatable bonds is 2. The molecule has 0 aromatic carbocycles. The molecule has 2 heteroatoms. The summed E-state index contributed by atoms with van der Waals surface area (Å²) in [6, 6.07) is 0. The Kier molecular flexibility index (Phi) is 3.09. The van der Waals surface area contributed by atoms with Crippen molar-refractivity contribution in [2.45, 2.75) is 19.4 Å². The van der Waals surface area contributed by atoms with Crippen LogP contribution in [0.4, 0.5) is 0 Å². The van der Waals surface area contributed by atoms with Gasteiger partial charge in [-0.3, -0.25) is 4.90 Å². The SMILES string of the molecule is C=CCN1CCC(C)C(O)C1. The van der Waals surface area contributed by atoms with E-state index in [1.165, 1.54) is 0 Å². The lowest BCUT2D eigenvalue weighted by Crippen LogP contribution is -2.42. The first-order valence-corrected chi connectivity index (χ1v) is 4.25. The molecule has 1 aliphatic heterocycles. The number of piperidine rings is 1. The number of hydrogen-bond acceptors (Lipinski definition) is 2. The highest BCUT2D eigenvalue weighted by atomic mass is 16.3. The molecule has 0 radical (unpaired) electrons. The summed E-state index contributed by atoms with van der Waals surface area (Å²) in [5, 5.41) is 9.50. The lowest BCUT2D eigenvalue weighted by Gasteiger charge is -2.33. The summed E-state index contributed by atoms with van der Waals surface area (Å²) in [6.45, 7) is 8.60. The predicted molar refractivity (Wildman–Crippen MR) is 46.4 cm³/mol. The van der Waals surface area contributed by atoms with E-state index in [9.17, 15) is 5.11 Å². The van der Waals surface area contributed by atoms with Crippen molar-refractivity contribution in [2.75, 3.05) is 19.6 Å². The monoisotopic (exact) mass is 155 g/mol. The minimum Gasteiger partial charge on any atom is -0.392 e. The van der Waals surface area contributed by atoms with Crippen molar-refractivity contribution in [2.24, 2.45) is 5.92 Å². The minimum absolute atomic E-state index is 0.135. The molecule has 11 heavy (non-hydrogen) atoms. The summed E-state index contributed by atoms with van der Waals surface area (Å²) >= 11 is 0. The van der Waals surface area contributed by atoms with E-state index >= 15 is 0 Å². The van der Waals surface area contributed by atoms with Crippen LogP contribution in [-0.4, -0.2) is 35.7 Å². The van der Waals surface area contributed by atoms with Gasteiger partial charge in [-0.25, -0.2) is 0 Å². The summed E-state index contributed by atoms with van der Waals surface area (Å²) in [4.78, 5) is 2.23. The molecule has 1 saturated heterocycles. The molecule has 1 heterocycles. The highest BCUT2D eigenvalue weighted by molar-refractivity contribution is 4.81. The zero-order valence-corrected chi connectivity index (χ0v) is 7.16. The molecule has 1 rings (SSSR count). The van der Waals surface area contributed by atoms with Gasteiger partial charge in [0.25, 0.3) is 0 Å². The van der Waals surface area contributed by atoms with Crippen LogP contribution >= 0.6 is 0 Å². The van der Waals surface area contributed by atoms with Gasteiger partial charge in [0.2, 0.25) is 0 Å². The maximum atomic E-state index is 9.50. The van der Waals surface area contributed by atoms with E-state index in [2.05, 4.69) is 18.4 Å². The summed E-state index contributed by atoms with van der Waals surface area (Å²) in [7, 11) is 0. The third-order valence-corrected chi connectivity index (χ3v) is 2.39. The molecule has 0 aromatic heterocycles. The van der Waals surface area contributed by atoms with Crippen LogP contribution in [0.25, 0.3) is 0 Å². The number of aliphatic hydroxyl groups is 1. The van der Waals surface area contributed by atoms with Crippen molar-refractivity contribution < 1.29 is 5.11 Å². The van der Waals surface area contributed by atoms with Crippen LogP contribution in [0.3, 0.4) is 0 Å². The third-order valence-electron chi connectivity index (χ3n) is 2.39. The fourth-order valence-corrected chi connectivity index (χ4v) is 1.46. The second-order valence-corrected chi connectivity index (χ2v) is 3.38. The summed E-state index contributed by atoms with van der Waals surface area (Å²) < 4.78 is 0. The molecular formula is C9H17NO. The summed E-state index contributed by atoms with van der Waals surface area (Å²) in [5.41, 5.74) is 0. The highest BCUT2D eigenvalue weighted by Crippen LogP contribution is 2.16. The molecule has 2 unspecified atom stereocenters. The van der Waals surface area contributed by atoms with E-state index in [-0.39, 0.29) is 6.10 Å². The molecule has 0 saturated carbocycles. The van der Waals surface area contributed by atoms with Gasteiger partial charge < -0.3 is 5.11 Å². The normalized spacial score (nSPS) is 33.6. The van der Waals surface area contributed by atoms with E-state index in [1.54, 1.807) is 0 Å². The van der Waals surface area contributed by atoms with E-state index in [0.29, 0.717) is 5.92 Å². The Bertz CT molecular complexity index is 136. The molecular weight excluding hydrogens is 138 g/mol. The van der Waals surface area contributed by atoms with Crippen molar-refractivity contribution in [1.82, 2.24) is 4.90 Å². The molecule has 0 spiro atoms. The first-order valence-electron chi connectivity index (χ1n) is 4.25. The van der Waals surface area contributed by atoms with Crippen LogP contribution in [0.1, 0.15) is 13.3 Å². The number of β-amino-alcohol motifs (C(OH)–C–C–N with tert-alkyl or cyclic N) is 1. The fourth-order valence-electron chi connectivity index (χ4n) is 1.46.